The van der Waals surface area contributed by atoms with E-state index in [0.717, 1.165) is 12.8 Å². The Morgan fingerprint density at radius 3 is 2.30 bits per heavy atom. The molecule has 3 unspecified atom stereocenters. The molecule has 30 heavy (non-hydrogen) atoms. The molecule has 1 aliphatic heterocycles. The third kappa shape index (κ3) is 4.39. The number of carbonyl (C=O) groups excluding carboxylic acids is 3. The SMILES string of the molecule is COc1cc(NC(=O)C(CCSC)N2C(=O)C3CCCCC3C2=O)c(OC)cc1Cl. The van der Waals surface area contributed by atoms with Gasteiger partial charge >= 0.3 is 0 Å². The highest BCUT2D eigenvalue weighted by molar-refractivity contribution is 7.98. The van der Waals surface area contributed by atoms with E-state index in [4.69, 9.17) is 21.1 Å². The normalized spacial score (nSPS) is 21.9. The number of ether oxygens (including phenoxy) is 2. The molecule has 3 atom stereocenters. The van der Waals surface area contributed by atoms with Gasteiger partial charge in [0, 0.05) is 12.1 Å². The Kier molecular flexibility index (Phi) is 7.52. The molecule has 1 aromatic rings. The Hall–Kier alpha value is -1.93. The van der Waals surface area contributed by atoms with Crippen LogP contribution in [-0.2, 0) is 14.4 Å². The smallest absolute Gasteiger partial charge is 0.247 e. The van der Waals surface area contributed by atoms with Crippen LogP contribution < -0.4 is 14.8 Å². The Morgan fingerprint density at radius 1 is 1.17 bits per heavy atom. The first-order chi connectivity index (χ1) is 14.4. The number of carbonyl (C=O) groups is 3. The summed E-state index contributed by atoms with van der Waals surface area (Å²) >= 11 is 7.71. The first kappa shape index (κ1) is 22.7. The number of halogens is 1. The highest BCUT2D eigenvalue weighted by atomic mass is 35.5. The number of likely N-dealkylation sites (tertiary alicyclic amines) is 1. The minimum absolute atomic E-state index is 0.216. The Labute approximate surface area is 185 Å². The molecule has 9 heteroatoms. The van der Waals surface area contributed by atoms with E-state index in [0.29, 0.717) is 47.2 Å². The molecule has 1 aliphatic carbocycles. The molecule has 0 bridgehead atoms. The van der Waals surface area contributed by atoms with Crippen molar-refractivity contribution < 1.29 is 23.9 Å². The van der Waals surface area contributed by atoms with Crippen LogP contribution in [0.5, 0.6) is 11.5 Å². The summed E-state index contributed by atoms with van der Waals surface area (Å²) in [6, 6.07) is 2.25. The maximum absolute atomic E-state index is 13.3. The van der Waals surface area contributed by atoms with Gasteiger partial charge in [0.2, 0.25) is 17.7 Å². The van der Waals surface area contributed by atoms with Crippen molar-refractivity contribution in [2.24, 2.45) is 11.8 Å². The molecular formula is C21H27ClN2O5S. The minimum atomic E-state index is -0.866. The van der Waals surface area contributed by atoms with Crippen LogP contribution in [0.3, 0.4) is 0 Å². The van der Waals surface area contributed by atoms with Gasteiger partial charge in [-0.1, -0.05) is 24.4 Å². The summed E-state index contributed by atoms with van der Waals surface area (Å²) in [5, 5.41) is 3.16. The van der Waals surface area contributed by atoms with Crippen LogP contribution in [0.1, 0.15) is 32.1 Å². The van der Waals surface area contributed by atoms with E-state index in [1.165, 1.54) is 19.1 Å². The van der Waals surface area contributed by atoms with Gasteiger partial charge in [0.05, 0.1) is 36.8 Å². The Bertz CT molecular complexity index is 810. The second kappa shape index (κ2) is 9.92. The summed E-state index contributed by atoms with van der Waals surface area (Å²) in [6.07, 6.45) is 5.62. The van der Waals surface area contributed by atoms with E-state index >= 15 is 0 Å². The summed E-state index contributed by atoms with van der Waals surface area (Å²) < 4.78 is 10.6. The summed E-state index contributed by atoms with van der Waals surface area (Å²) in [5.74, 6) is -0.0449. The van der Waals surface area contributed by atoms with Crippen molar-refractivity contribution in [1.82, 2.24) is 4.90 Å². The lowest BCUT2D eigenvalue weighted by Gasteiger charge is -2.26. The van der Waals surface area contributed by atoms with Gasteiger partial charge in [0.25, 0.3) is 0 Å². The van der Waals surface area contributed by atoms with Crippen molar-refractivity contribution in [3.8, 4) is 11.5 Å². The Balaban J connectivity index is 1.88. The molecule has 0 aromatic heterocycles. The molecule has 1 saturated carbocycles. The monoisotopic (exact) mass is 454 g/mol. The predicted octanol–water partition coefficient (Wildman–Crippen LogP) is 3.59. The fraction of sp³-hybridized carbons (Fsp3) is 0.571. The van der Waals surface area contributed by atoms with E-state index in [1.807, 2.05) is 6.26 Å². The number of benzene rings is 1. The van der Waals surface area contributed by atoms with Gasteiger partial charge in [-0.05, 0) is 31.3 Å². The number of imide groups is 1. The number of amides is 3. The van der Waals surface area contributed by atoms with Gasteiger partial charge in [-0.3, -0.25) is 19.3 Å². The minimum Gasteiger partial charge on any atom is -0.495 e. The van der Waals surface area contributed by atoms with Crippen LogP contribution in [0.25, 0.3) is 0 Å². The van der Waals surface area contributed by atoms with E-state index in [1.54, 1.807) is 23.9 Å². The number of hydrogen-bond donors (Lipinski definition) is 1. The second-order valence-electron chi connectivity index (χ2n) is 7.52. The van der Waals surface area contributed by atoms with Crippen LogP contribution in [0.15, 0.2) is 12.1 Å². The Morgan fingerprint density at radius 2 is 1.77 bits per heavy atom. The molecular weight excluding hydrogens is 428 g/mol. The highest BCUT2D eigenvalue weighted by Crippen LogP contribution is 2.40. The quantitative estimate of drug-likeness (QED) is 0.604. The second-order valence-corrected chi connectivity index (χ2v) is 8.91. The molecule has 0 radical (unpaired) electrons. The van der Waals surface area contributed by atoms with Crippen molar-refractivity contribution in [3.63, 3.8) is 0 Å². The zero-order valence-corrected chi connectivity index (χ0v) is 19.0. The van der Waals surface area contributed by atoms with Crippen molar-refractivity contribution >= 4 is 46.8 Å². The average molecular weight is 455 g/mol. The van der Waals surface area contributed by atoms with Crippen molar-refractivity contribution in [2.75, 3.05) is 31.5 Å². The molecule has 3 rings (SSSR count). The highest BCUT2D eigenvalue weighted by Gasteiger charge is 2.51. The third-order valence-electron chi connectivity index (χ3n) is 5.82. The van der Waals surface area contributed by atoms with Crippen LogP contribution in [0.2, 0.25) is 5.02 Å². The molecule has 0 spiro atoms. The summed E-state index contributed by atoms with van der Waals surface area (Å²) in [5.41, 5.74) is 0.370. The van der Waals surface area contributed by atoms with Crippen LogP contribution in [0.4, 0.5) is 5.69 Å². The fourth-order valence-corrected chi connectivity index (χ4v) is 4.97. The maximum Gasteiger partial charge on any atom is 0.247 e. The van der Waals surface area contributed by atoms with Crippen LogP contribution >= 0.6 is 23.4 Å². The molecule has 7 nitrogen and oxygen atoms in total. The van der Waals surface area contributed by atoms with Gasteiger partial charge < -0.3 is 14.8 Å². The van der Waals surface area contributed by atoms with Crippen LogP contribution in [-0.4, -0.2) is 54.9 Å². The molecule has 2 fully saturated rings. The van der Waals surface area contributed by atoms with Crippen LogP contribution in [0, 0.1) is 11.8 Å². The molecule has 1 saturated heterocycles. The fourth-order valence-electron chi connectivity index (χ4n) is 4.28. The van der Waals surface area contributed by atoms with E-state index in [-0.39, 0.29) is 23.7 Å². The van der Waals surface area contributed by atoms with Gasteiger partial charge in [0.1, 0.15) is 17.5 Å². The van der Waals surface area contributed by atoms with E-state index in [2.05, 4.69) is 5.32 Å². The number of fused-ring (bicyclic) bond motifs is 1. The number of rotatable bonds is 8. The van der Waals surface area contributed by atoms with Crippen molar-refractivity contribution in [2.45, 2.75) is 38.1 Å². The lowest BCUT2D eigenvalue weighted by molar-refractivity contribution is -0.146. The lowest BCUT2D eigenvalue weighted by Crippen LogP contribution is -2.48. The largest absolute Gasteiger partial charge is 0.495 e. The maximum atomic E-state index is 13.3. The lowest BCUT2D eigenvalue weighted by atomic mass is 9.81. The summed E-state index contributed by atoms with van der Waals surface area (Å²) in [7, 11) is 2.95. The van der Waals surface area contributed by atoms with Gasteiger partial charge in [-0.2, -0.15) is 11.8 Å². The zero-order chi connectivity index (χ0) is 21.8. The summed E-state index contributed by atoms with van der Waals surface area (Å²) in [6.45, 7) is 0. The molecule has 1 heterocycles. The molecule has 1 N–H and O–H groups in total. The van der Waals surface area contributed by atoms with Gasteiger partial charge in [-0.25, -0.2) is 0 Å². The molecule has 164 valence electrons. The zero-order valence-electron chi connectivity index (χ0n) is 17.4. The van der Waals surface area contributed by atoms with Crippen molar-refractivity contribution in [1.29, 1.82) is 0 Å². The topological polar surface area (TPSA) is 84.9 Å². The first-order valence-corrected chi connectivity index (χ1v) is 11.8. The molecule has 3 amide bonds. The summed E-state index contributed by atoms with van der Waals surface area (Å²) in [4.78, 5) is 40.5. The van der Waals surface area contributed by atoms with Gasteiger partial charge in [0.15, 0.2) is 0 Å². The standard InChI is InChI=1S/C21H27ClN2O5S/c1-28-17-11-15(18(29-2)10-14(17)22)23-19(25)16(8-9-30-3)24-20(26)12-6-4-5-7-13(12)21(24)27/h10-13,16H,4-9H2,1-3H3,(H,23,25). The van der Waals surface area contributed by atoms with Gasteiger partial charge in [-0.15, -0.1) is 0 Å². The predicted molar refractivity (Wildman–Crippen MR) is 117 cm³/mol. The van der Waals surface area contributed by atoms with Crippen molar-refractivity contribution in [3.05, 3.63) is 17.2 Å². The number of anilines is 1. The average Bonchev–Trinajstić information content (AvgIpc) is 3.00. The van der Waals surface area contributed by atoms with E-state index in [9.17, 15) is 14.4 Å². The van der Waals surface area contributed by atoms with E-state index < -0.39 is 11.9 Å². The third-order valence-corrected chi connectivity index (χ3v) is 6.76. The number of nitrogens with one attached hydrogen (secondary N) is 1. The molecule has 2 aliphatic rings. The number of hydrogen-bond acceptors (Lipinski definition) is 6. The number of nitrogens with zero attached hydrogens (tertiary/aromatic N) is 1. The number of thioether (sulfide) groups is 1. The number of methoxy groups -OCH3 is 2. The first-order valence-electron chi connectivity index (χ1n) is 10.0. The molecule has 1 aromatic carbocycles.